The van der Waals surface area contributed by atoms with Crippen molar-refractivity contribution in [1.29, 1.82) is 0 Å². The molecule has 1 aliphatic heterocycles. The minimum absolute atomic E-state index is 0.158. The zero-order valence-corrected chi connectivity index (χ0v) is 12.6. The summed E-state index contributed by atoms with van der Waals surface area (Å²) in [4.78, 5) is 13.0. The predicted molar refractivity (Wildman–Crippen MR) is 76.4 cm³/mol. The van der Waals surface area contributed by atoms with Crippen LogP contribution in [0.3, 0.4) is 0 Å². The van der Waals surface area contributed by atoms with Gasteiger partial charge in [0.05, 0.1) is 17.4 Å². The Kier molecular flexibility index (Phi) is 4.53. The second-order valence-corrected chi connectivity index (χ2v) is 6.87. The monoisotopic (exact) mass is 353 g/mol. The van der Waals surface area contributed by atoms with E-state index in [4.69, 9.17) is 11.6 Å². The van der Waals surface area contributed by atoms with Crippen molar-refractivity contribution >= 4 is 33.0 Å². The Morgan fingerprint density at radius 1 is 1.27 bits per heavy atom. The van der Waals surface area contributed by atoms with E-state index < -0.39 is 39.4 Å². The highest BCUT2D eigenvalue weighted by Crippen LogP contribution is 2.31. The van der Waals surface area contributed by atoms with Gasteiger partial charge in [-0.05, 0) is 30.3 Å². The van der Waals surface area contributed by atoms with E-state index in [9.17, 15) is 26.4 Å². The molecule has 0 saturated carbocycles. The number of anilines is 1. The summed E-state index contributed by atoms with van der Waals surface area (Å²) in [5.74, 6) is -1.32. The molecule has 1 aromatic rings. The number of benzene rings is 1. The van der Waals surface area contributed by atoms with Gasteiger partial charge in [-0.15, -0.1) is 11.6 Å². The molecule has 1 atom stereocenters. The van der Waals surface area contributed by atoms with E-state index in [1.807, 2.05) is 0 Å². The van der Waals surface area contributed by atoms with Crippen LogP contribution in [-0.2, 0) is 20.8 Å². The van der Waals surface area contributed by atoms with Crippen LogP contribution in [0.25, 0.3) is 0 Å². The van der Waals surface area contributed by atoms with Crippen LogP contribution in [0.2, 0.25) is 0 Å². The number of rotatable bonds is 3. The van der Waals surface area contributed by atoms with Gasteiger partial charge in [0.15, 0.2) is 9.84 Å². The Balaban J connectivity index is 2.35. The van der Waals surface area contributed by atoms with Gasteiger partial charge in [-0.2, -0.15) is 13.2 Å². The highest BCUT2D eigenvalue weighted by molar-refractivity contribution is 7.94. The van der Waals surface area contributed by atoms with Crippen LogP contribution in [0.1, 0.15) is 5.56 Å². The molecule has 0 bridgehead atoms. The fourth-order valence-electron chi connectivity index (χ4n) is 2.12. The molecule has 1 unspecified atom stereocenters. The predicted octanol–water partition coefficient (Wildman–Crippen LogP) is 2.59. The average Bonchev–Trinajstić information content (AvgIpc) is 2.78. The van der Waals surface area contributed by atoms with Crippen molar-refractivity contribution in [3.63, 3.8) is 0 Å². The lowest BCUT2D eigenvalue weighted by molar-refractivity contribution is -0.137. The second-order valence-electron chi connectivity index (χ2n) is 4.67. The Labute approximate surface area is 130 Å². The summed E-state index contributed by atoms with van der Waals surface area (Å²) in [6.45, 7) is 0. The number of hydrogen-bond acceptors (Lipinski definition) is 3. The molecule has 0 radical (unpaired) electrons. The molecular formula is C13H11ClF3NO3S. The van der Waals surface area contributed by atoms with E-state index in [1.54, 1.807) is 0 Å². The second kappa shape index (κ2) is 5.92. The first-order valence-electron chi connectivity index (χ1n) is 6.10. The summed E-state index contributed by atoms with van der Waals surface area (Å²) < 4.78 is 60.6. The molecule has 1 aliphatic rings. The van der Waals surface area contributed by atoms with E-state index in [0.717, 1.165) is 34.6 Å². The molecule has 0 aliphatic carbocycles. The molecule has 22 heavy (non-hydrogen) atoms. The summed E-state index contributed by atoms with van der Waals surface area (Å²) in [7, 11) is -3.42. The molecule has 1 heterocycles. The van der Waals surface area contributed by atoms with Crippen LogP contribution in [0.4, 0.5) is 18.9 Å². The summed E-state index contributed by atoms with van der Waals surface area (Å²) >= 11 is 5.51. The topological polar surface area (TPSA) is 54.5 Å². The minimum atomic E-state index is -4.49. The van der Waals surface area contributed by atoms with Crippen LogP contribution < -0.4 is 4.90 Å². The maximum absolute atomic E-state index is 12.6. The Bertz CT molecular complexity index is 698. The van der Waals surface area contributed by atoms with E-state index in [-0.39, 0.29) is 11.4 Å². The molecular weight excluding hydrogens is 343 g/mol. The highest BCUT2D eigenvalue weighted by atomic mass is 35.5. The van der Waals surface area contributed by atoms with Gasteiger partial charge in [-0.25, -0.2) is 8.42 Å². The first-order chi connectivity index (χ1) is 10.1. The van der Waals surface area contributed by atoms with Gasteiger partial charge in [0.1, 0.15) is 5.88 Å². The fourth-order valence-corrected chi connectivity index (χ4v) is 3.51. The molecule has 1 aromatic carbocycles. The molecule has 0 spiro atoms. The van der Waals surface area contributed by atoms with Gasteiger partial charge in [0.2, 0.25) is 5.91 Å². The SMILES string of the molecule is O=C(CCl)N(c1ccc(C(F)(F)F)cc1)C1C=CS(=O)(=O)C1. The lowest BCUT2D eigenvalue weighted by atomic mass is 10.1. The van der Waals surface area contributed by atoms with Gasteiger partial charge < -0.3 is 4.90 Å². The standard InChI is InChI=1S/C13H11ClF3NO3S/c14-7-12(19)18(11-5-6-22(20,21)8-11)10-3-1-9(2-4-10)13(15,16)17/h1-6,11H,7-8H2. The molecule has 1 amide bonds. The first-order valence-corrected chi connectivity index (χ1v) is 8.35. The number of amides is 1. The zero-order valence-electron chi connectivity index (χ0n) is 11.0. The molecule has 0 N–H and O–H groups in total. The molecule has 0 aromatic heterocycles. The molecule has 4 nitrogen and oxygen atoms in total. The van der Waals surface area contributed by atoms with Gasteiger partial charge in [0.25, 0.3) is 0 Å². The quantitative estimate of drug-likeness (QED) is 0.785. The maximum Gasteiger partial charge on any atom is 0.416 e. The van der Waals surface area contributed by atoms with Crippen molar-refractivity contribution in [2.75, 3.05) is 16.5 Å². The third-order valence-electron chi connectivity index (χ3n) is 3.10. The number of carbonyl (C=O) groups is 1. The third-order valence-corrected chi connectivity index (χ3v) is 4.71. The number of alkyl halides is 4. The molecule has 0 saturated heterocycles. The third kappa shape index (κ3) is 3.61. The normalized spacial score (nSPS) is 20.1. The summed E-state index contributed by atoms with van der Waals surface area (Å²) in [6.07, 6.45) is -3.17. The van der Waals surface area contributed by atoms with Gasteiger partial charge >= 0.3 is 6.18 Å². The van der Waals surface area contributed by atoms with Crippen molar-refractivity contribution in [2.24, 2.45) is 0 Å². The zero-order chi connectivity index (χ0) is 16.5. The first kappa shape index (κ1) is 16.8. The summed E-state index contributed by atoms with van der Waals surface area (Å²) in [6, 6.07) is 3.11. The lowest BCUT2D eigenvalue weighted by Crippen LogP contribution is -2.42. The molecule has 9 heteroatoms. The molecule has 120 valence electrons. The van der Waals surface area contributed by atoms with Crippen molar-refractivity contribution < 1.29 is 26.4 Å². The van der Waals surface area contributed by atoms with Gasteiger partial charge in [0, 0.05) is 11.1 Å². The molecule has 2 rings (SSSR count). The van der Waals surface area contributed by atoms with Crippen molar-refractivity contribution in [3.05, 3.63) is 41.3 Å². The number of sulfone groups is 1. The molecule has 0 fully saturated rings. The van der Waals surface area contributed by atoms with Crippen LogP contribution in [-0.4, -0.2) is 32.0 Å². The number of hydrogen-bond donors (Lipinski definition) is 0. The summed E-state index contributed by atoms with van der Waals surface area (Å²) in [5.41, 5.74) is -0.700. The number of carbonyl (C=O) groups excluding carboxylic acids is 1. The van der Waals surface area contributed by atoms with Crippen molar-refractivity contribution in [3.8, 4) is 0 Å². The summed E-state index contributed by atoms with van der Waals surface area (Å²) in [5, 5.41) is 0.982. The van der Waals surface area contributed by atoms with Crippen LogP contribution >= 0.6 is 11.6 Å². The Hall–Kier alpha value is -1.54. The van der Waals surface area contributed by atoms with E-state index >= 15 is 0 Å². The highest BCUT2D eigenvalue weighted by Gasteiger charge is 2.33. The largest absolute Gasteiger partial charge is 0.416 e. The van der Waals surface area contributed by atoms with Crippen molar-refractivity contribution in [2.45, 2.75) is 12.2 Å². The number of halogens is 4. The van der Waals surface area contributed by atoms with E-state index in [0.29, 0.717) is 0 Å². The van der Waals surface area contributed by atoms with E-state index in [2.05, 4.69) is 0 Å². The Morgan fingerprint density at radius 3 is 2.27 bits per heavy atom. The fraction of sp³-hybridized carbons (Fsp3) is 0.308. The van der Waals surface area contributed by atoms with Crippen LogP contribution in [0.5, 0.6) is 0 Å². The van der Waals surface area contributed by atoms with E-state index in [1.165, 1.54) is 6.08 Å². The maximum atomic E-state index is 12.6. The Morgan fingerprint density at radius 2 is 1.86 bits per heavy atom. The van der Waals surface area contributed by atoms with Gasteiger partial charge in [-0.3, -0.25) is 4.79 Å². The van der Waals surface area contributed by atoms with Gasteiger partial charge in [-0.1, -0.05) is 0 Å². The van der Waals surface area contributed by atoms with Crippen LogP contribution in [0, 0.1) is 0 Å². The number of nitrogens with zero attached hydrogens (tertiary/aromatic N) is 1. The minimum Gasteiger partial charge on any atom is -0.303 e. The van der Waals surface area contributed by atoms with Crippen LogP contribution in [0.15, 0.2) is 35.7 Å². The smallest absolute Gasteiger partial charge is 0.303 e. The van der Waals surface area contributed by atoms with Crippen molar-refractivity contribution in [1.82, 2.24) is 0 Å². The lowest BCUT2D eigenvalue weighted by Gasteiger charge is -2.27. The average molecular weight is 354 g/mol.